The number of hydrogen-bond donors (Lipinski definition) is 10. The number of cyclic esters (lactones) is 3. The summed E-state index contributed by atoms with van der Waals surface area (Å²) in [6, 6.07) is 0. The summed E-state index contributed by atoms with van der Waals surface area (Å²) in [4.78, 5) is 31.5. The zero-order valence-corrected chi connectivity index (χ0v) is 21.5. The van der Waals surface area contributed by atoms with Gasteiger partial charge in [0.1, 0.15) is 30.5 Å². The first kappa shape index (κ1) is 33.8. The average molecular weight is 592 g/mol. The predicted molar refractivity (Wildman–Crippen MR) is 101 cm³/mol. The van der Waals surface area contributed by atoms with Gasteiger partial charge in [0.2, 0.25) is 5.76 Å². The van der Waals surface area contributed by atoms with Gasteiger partial charge in [-0.2, -0.15) is 0 Å². The summed E-state index contributed by atoms with van der Waals surface area (Å²) in [6.07, 6.45) is -8.68. The van der Waals surface area contributed by atoms with Gasteiger partial charge in [-0.1, -0.05) is 0 Å². The number of carbonyl (C=O) groups excluding carboxylic acids is 3. The van der Waals surface area contributed by atoms with E-state index in [2.05, 4.69) is 14.2 Å². The van der Waals surface area contributed by atoms with Crippen molar-refractivity contribution in [2.24, 2.45) is 0 Å². The molecule has 3 aliphatic rings. The second-order valence-electron chi connectivity index (χ2n) is 6.89. The quantitative estimate of drug-likeness (QED) is 0.0779. The van der Waals surface area contributed by atoms with Gasteiger partial charge >= 0.3 is 37.4 Å². The van der Waals surface area contributed by atoms with Crippen molar-refractivity contribution in [2.75, 3.05) is 19.8 Å². The van der Waals surface area contributed by atoms with Crippen LogP contribution in [0, 0.1) is 0 Å². The summed E-state index contributed by atoms with van der Waals surface area (Å²) < 4.78 is 12.8. The molecule has 10 N–H and O–H groups in total. The smallest absolute Gasteiger partial charge is 0.870 e. The van der Waals surface area contributed by atoms with Gasteiger partial charge in [-0.3, -0.25) is 0 Å². The molecule has 0 saturated heterocycles. The van der Waals surface area contributed by atoms with Crippen molar-refractivity contribution in [3.63, 3.8) is 0 Å². The van der Waals surface area contributed by atoms with E-state index in [1.54, 1.807) is 0 Å². The molecule has 0 radical (unpaired) electrons. The Morgan fingerprint density at radius 3 is 1.08 bits per heavy atom. The van der Waals surface area contributed by atoms with Gasteiger partial charge in [-0.15, -0.1) is 0 Å². The van der Waals surface area contributed by atoms with Crippen LogP contribution < -0.4 is 10.2 Å². The van der Waals surface area contributed by atoms with Crippen LogP contribution in [0.3, 0.4) is 0 Å². The Balaban J connectivity index is 0.000000518. The van der Waals surface area contributed by atoms with Crippen molar-refractivity contribution in [1.29, 1.82) is 0 Å². The molecule has 3 heterocycles. The topological polar surface area (TPSA) is 327 Å². The van der Waals surface area contributed by atoms with E-state index < -0.39 is 109 Å². The van der Waals surface area contributed by atoms with E-state index in [0.717, 1.165) is 0 Å². The van der Waals surface area contributed by atoms with E-state index in [-0.39, 0.29) is 19.5 Å². The molecule has 0 unspecified atom stereocenters. The zero-order chi connectivity index (χ0) is 27.9. The monoisotopic (exact) mass is 590 g/mol. The number of aliphatic hydroxyl groups excluding tert-OH is 10. The summed E-state index contributed by atoms with van der Waals surface area (Å²) in [5, 5.41) is 109. The van der Waals surface area contributed by atoms with Crippen LogP contribution in [0.5, 0.6) is 0 Å². The van der Waals surface area contributed by atoms with Crippen molar-refractivity contribution < 1.29 is 109 Å². The Morgan fingerprint density at radius 1 is 0.595 bits per heavy atom. The van der Waals surface area contributed by atoms with Crippen LogP contribution in [0.15, 0.2) is 34.6 Å². The molecule has 0 aromatic heterocycles. The molecule has 0 spiro atoms. The molecule has 0 bridgehead atoms. The molecule has 3 aliphatic heterocycles. The standard InChI is InChI=1S/3C6H8O6.Zn/c3*7-1-2(8)5-3(9)4(10)6(11)12-5;/h3*2,5,7-10H,1H2;/q;;;+2/p-2/t3*2-,5+;/m000./s1. The van der Waals surface area contributed by atoms with Crippen LogP contribution in [0.2, 0.25) is 0 Å². The third-order valence-electron chi connectivity index (χ3n) is 4.39. The fourth-order valence-electron chi connectivity index (χ4n) is 2.44. The molecular weight excluding hydrogens is 570 g/mol. The fourth-order valence-corrected chi connectivity index (χ4v) is 2.44. The normalized spacial score (nSPS) is 25.1. The van der Waals surface area contributed by atoms with E-state index in [1.807, 2.05) is 0 Å². The number of esters is 3. The van der Waals surface area contributed by atoms with Crippen molar-refractivity contribution in [3.8, 4) is 0 Å². The van der Waals surface area contributed by atoms with Gasteiger partial charge in [0.15, 0.2) is 23.4 Å². The van der Waals surface area contributed by atoms with Gasteiger partial charge in [0, 0.05) is 0 Å². The number of carbonyl (C=O) groups is 3. The Labute approximate surface area is 218 Å². The van der Waals surface area contributed by atoms with Crippen molar-refractivity contribution >= 4 is 17.9 Å². The number of ether oxygens (including phenoxy) is 3. The van der Waals surface area contributed by atoms with E-state index >= 15 is 0 Å². The zero-order valence-electron chi connectivity index (χ0n) is 18.5. The summed E-state index contributed by atoms with van der Waals surface area (Å²) >= 11 is 0. The molecule has 0 amide bonds. The first-order valence-corrected chi connectivity index (χ1v) is 9.55. The van der Waals surface area contributed by atoms with Gasteiger partial charge < -0.3 is 75.5 Å². The van der Waals surface area contributed by atoms with E-state index in [9.17, 15) is 24.6 Å². The maximum absolute atomic E-state index is 10.8. The van der Waals surface area contributed by atoms with Crippen LogP contribution >= 0.6 is 0 Å². The van der Waals surface area contributed by atoms with Crippen LogP contribution in [0.1, 0.15) is 0 Å². The molecule has 19 heteroatoms. The Hall–Kier alpha value is -3.19. The first-order chi connectivity index (χ1) is 16.7. The van der Waals surface area contributed by atoms with Crippen molar-refractivity contribution in [2.45, 2.75) is 36.6 Å². The van der Waals surface area contributed by atoms with Crippen LogP contribution in [-0.4, -0.2) is 125 Å². The van der Waals surface area contributed by atoms with E-state index in [4.69, 9.17) is 51.1 Å². The summed E-state index contributed by atoms with van der Waals surface area (Å²) in [5.74, 6) is -9.18. The van der Waals surface area contributed by atoms with E-state index in [0.29, 0.717) is 0 Å². The minimum atomic E-state index is -1.48. The average Bonchev–Trinajstić information content (AvgIpc) is 3.40. The van der Waals surface area contributed by atoms with Gasteiger partial charge in [-0.25, -0.2) is 14.4 Å². The molecule has 0 aromatic carbocycles. The SMILES string of the molecule is O=C1O[C@H]([C@@H](O)CO)C(O)=C1O.O=C1O[C@H]([C@@H](O)CO)C([O-])=C1O.O=C1O[C@H]([C@@H](O)CO)C([O-])=C1O.[Zn+2]. The molecule has 204 valence electrons. The summed E-state index contributed by atoms with van der Waals surface area (Å²) in [7, 11) is 0. The maximum Gasteiger partial charge on any atom is 2.00 e. The molecule has 0 saturated carbocycles. The number of rotatable bonds is 6. The Kier molecular flexibility index (Phi) is 13.3. The van der Waals surface area contributed by atoms with Crippen molar-refractivity contribution in [1.82, 2.24) is 0 Å². The summed E-state index contributed by atoms with van der Waals surface area (Å²) in [5.41, 5.74) is 0. The third-order valence-corrected chi connectivity index (χ3v) is 4.39. The second-order valence-corrected chi connectivity index (χ2v) is 6.89. The molecule has 0 aromatic rings. The third kappa shape index (κ3) is 7.90. The Bertz CT molecular complexity index is 822. The van der Waals surface area contributed by atoms with Crippen LogP contribution in [0.4, 0.5) is 0 Å². The molecule has 37 heavy (non-hydrogen) atoms. The molecule has 0 aliphatic carbocycles. The first-order valence-electron chi connectivity index (χ1n) is 9.55. The molecule has 18 nitrogen and oxygen atoms in total. The largest absolute Gasteiger partial charge is 2.00 e. The van der Waals surface area contributed by atoms with Crippen LogP contribution in [-0.2, 0) is 48.1 Å². The molecule has 3 rings (SSSR count). The Morgan fingerprint density at radius 2 is 0.865 bits per heavy atom. The maximum atomic E-state index is 10.8. The fraction of sp³-hybridized carbons (Fsp3) is 0.500. The molecular formula is C18H22O18Zn. The number of aliphatic hydroxyl groups is 10. The van der Waals surface area contributed by atoms with Gasteiger partial charge in [0.05, 0.1) is 19.8 Å². The van der Waals surface area contributed by atoms with E-state index in [1.165, 1.54) is 0 Å². The minimum Gasteiger partial charge on any atom is -0.870 e. The van der Waals surface area contributed by atoms with Gasteiger partial charge in [0.25, 0.3) is 0 Å². The minimum absolute atomic E-state index is 0. The molecule has 0 fully saturated rings. The molecule has 6 atom stereocenters. The predicted octanol–water partition coefficient (Wildman–Crippen LogP) is -6.62. The second kappa shape index (κ2) is 14.5. The van der Waals surface area contributed by atoms with Crippen molar-refractivity contribution in [3.05, 3.63) is 34.6 Å². The van der Waals surface area contributed by atoms with Crippen LogP contribution in [0.25, 0.3) is 0 Å². The number of hydrogen-bond acceptors (Lipinski definition) is 18. The summed E-state index contributed by atoms with van der Waals surface area (Å²) in [6.45, 7) is -2.09. The van der Waals surface area contributed by atoms with Gasteiger partial charge in [-0.05, 0) is 11.5 Å².